The molecule has 7 nitrogen and oxygen atoms in total. The average Bonchev–Trinajstić information content (AvgIpc) is 3.02. The standard InChI is InChI=1S/C18H21N3O4S2/c1-10(2)14(15(22)21-17(19)24)25-16(23)13-7-5-4-6-12(13)9-27-18-20-11(3)8-26-18/h4-8,10,14H,9H2,1-3H3,(H3,19,21,22,24)/t14-/m0/s1. The number of thiazole rings is 1. The molecular weight excluding hydrogens is 386 g/mol. The van der Waals surface area contributed by atoms with Crippen LogP contribution in [0.3, 0.4) is 0 Å². The molecule has 1 aromatic heterocycles. The van der Waals surface area contributed by atoms with Crippen LogP contribution in [0.5, 0.6) is 0 Å². The van der Waals surface area contributed by atoms with Gasteiger partial charge in [-0.05, 0) is 24.5 Å². The van der Waals surface area contributed by atoms with Crippen molar-refractivity contribution in [2.75, 3.05) is 0 Å². The van der Waals surface area contributed by atoms with E-state index in [0.717, 1.165) is 15.6 Å². The molecule has 0 aliphatic rings. The third kappa shape index (κ3) is 6.07. The Bertz CT molecular complexity index is 836. The van der Waals surface area contributed by atoms with Crippen LogP contribution < -0.4 is 11.1 Å². The molecule has 0 spiro atoms. The summed E-state index contributed by atoms with van der Waals surface area (Å²) in [6.07, 6.45) is -1.12. The maximum Gasteiger partial charge on any atom is 0.339 e. The van der Waals surface area contributed by atoms with Gasteiger partial charge in [-0.1, -0.05) is 43.8 Å². The number of aryl methyl sites for hydroxylation is 1. The maximum absolute atomic E-state index is 12.6. The van der Waals surface area contributed by atoms with Crippen molar-refractivity contribution in [3.63, 3.8) is 0 Å². The number of esters is 1. The summed E-state index contributed by atoms with van der Waals surface area (Å²) < 4.78 is 6.29. The molecule has 0 saturated carbocycles. The minimum absolute atomic E-state index is 0.326. The normalized spacial score (nSPS) is 11.9. The predicted octanol–water partition coefficient (Wildman–Crippen LogP) is 3.12. The van der Waals surface area contributed by atoms with Crippen LogP contribution in [0.2, 0.25) is 0 Å². The number of imide groups is 1. The molecule has 0 fully saturated rings. The molecule has 0 unspecified atom stereocenters. The SMILES string of the molecule is Cc1csc(SCc2ccccc2C(=O)O[C@H](C(=O)NC(N)=O)C(C)C)n1. The number of hydrogen-bond donors (Lipinski definition) is 2. The van der Waals surface area contributed by atoms with E-state index in [2.05, 4.69) is 4.98 Å². The molecule has 2 aromatic rings. The van der Waals surface area contributed by atoms with Crippen molar-refractivity contribution in [2.45, 2.75) is 37.0 Å². The monoisotopic (exact) mass is 407 g/mol. The molecule has 144 valence electrons. The summed E-state index contributed by atoms with van der Waals surface area (Å²) in [5.74, 6) is -1.15. The Labute approximate surface area is 165 Å². The largest absolute Gasteiger partial charge is 0.448 e. The fourth-order valence-electron chi connectivity index (χ4n) is 2.25. The van der Waals surface area contributed by atoms with Gasteiger partial charge in [-0.25, -0.2) is 14.6 Å². The summed E-state index contributed by atoms with van der Waals surface area (Å²) in [6, 6.07) is 6.05. The van der Waals surface area contributed by atoms with Gasteiger partial charge < -0.3 is 10.5 Å². The predicted molar refractivity (Wildman–Crippen MR) is 105 cm³/mol. The number of benzene rings is 1. The van der Waals surface area contributed by atoms with Gasteiger partial charge in [0, 0.05) is 16.8 Å². The van der Waals surface area contributed by atoms with Crippen molar-refractivity contribution in [1.29, 1.82) is 0 Å². The average molecular weight is 408 g/mol. The van der Waals surface area contributed by atoms with Crippen LogP contribution in [0.15, 0.2) is 34.0 Å². The van der Waals surface area contributed by atoms with Gasteiger partial charge in [0.15, 0.2) is 6.10 Å². The molecule has 1 heterocycles. The van der Waals surface area contributed by atoms with Gasteiger partial charge in [0.2, 0.25) is 0 Å². The third-order valence-electron chi connectivity index (χ3n) is 3.53. The summed E-state index contributed by atoms with van der Waals surface area (Å²) >= 11 is 3.07. The highest BCUT2D eigenvalue weighted by Gasteiger charge is 2.28. The third-order valence-corrected chi connectivity index (χ3v) is 5.72. The van der Waals surface area contributed by atoms with Gasteiger partial charge in [0.1, 0.15) is 4.34 Å². The van der Waals surface area contributed by atoms with Gasteiger partial charge in [-0.2, -0.15) is 0 Å². The Hall–Kier alpha value is -2.39. The zero-order valence-corrected chi connectivity index (χ0v) is 16.9. The smallest absolute Gasteiger partial charge is 0.339 e. The molecule has 0 radical (unpaired) electrons. The lowest BCUT2D eigenvalue weighted by Crippen LogP contribution is -2.45. The van der Waals surface area contributed by atoms with Crippen LogP contribution in [0.1, 0.15) is 35.5 Å². The van der Waals surface area contributed by atoms with Gasteiger partial charge in [0.25, 0.3) is 5.91 Å². The van der Waals surface area contributed by atoms with Crippen molar-refractivity contribution in [3.8, 4) is 0 Å². The molecule has 0 aliphatic heterocycles. The van der Waals surface area contributed by atoms with Crippen LogP contribution in [-0.2, 0) is 15.3 Å². The Kier molecular flexibility index (Phi) is 7.37. The topological polar surface area (TPSA) is 111 Å². The summed E-state index contributed by atoms with van der Waals surface area (Å²) in [4.78, 5) is 40.0. The van der Waals surface area contributed by atoms with Crippen LogP contribution >= 0.6 is 23.1 Å². The highest BCUT2D eigenvalue weighted by atomic mass is 32.2. The number of primary amides is 1. The Balaban J connectivity index is 2.12. The minimum atomic E-state index is -1.12. The van der Waals surface area contributed by atoms with E-state index < -0.39 is 24.0 Å². The van der Waals surface area contributed by atoms with Crippen LogP contribution in [0.4, 0.5) is 4.79 Å². The van der Waals surface area contributed by atoms with E-state index in [1.165, 1.54) is 11.8 Å². The van der Waals surface area contributed by atoms with Crippen molar-refractivity contribution < 1.29 is 19.1 Å². The van der Waals surface area contributed by atoms with E-state index >= 15 is 0 Å². The van der Waals surface area contributed by atoms with Crippen molar-refractivity contribution in [2.24, 2.45) is 11.7 Å². The number of carbonyl (C=O) groups excluding carboxylic acids is 3. The lowest BCUT2D eigenvalue weighted by molar-refractivity contribution is -0.130. The molecule has 27 heavy (non-hydrogen) atoms. The maximum atomic E-state index is 12.6. The van der Waals surface area contributed by atoms with E-state index in [1.807, 2.05) is 29.8 Å². The minimum Gasteiger partial charge on any atom is -0.448 e. The van der Waals surface area contributed by atoms with Crippen LogP contribution in [0, 0.1) is 12.8 Å². The summed E-state index contributed by atoms with van der Waals surface area (Å²) in [5.41, 5.74) is 7.08. The highest BCUT2D eigenvalue weighted by Crippen LogP contribution is 2.27. The number of aromatic nitrogens is 1. The van der Waals surface area contributed by atoms with E-state index in [1.54, 1.807) is 37.3 Å². The molecule has 9 heteroatoms. The van der Waals surface area contributed by atoms with Crippen molar-refractivity contribution >= 4 is 41.0 Å². The molecule has 2 rings (SSSR count). The number of carbonyl (C=O) groups is 3. The number of thioether (sulfide) groups is 1. The lowest BCUT2D eigenvalue weighted by atomic mass is 10.1. The highest BCUT2D eigenvalue weighted by molar-refractivity contribution is 8.00. The molecule has 0 saturated heterocycles. The molecular formula is C18H21N3O4S2. The van der Waals surface area contributed by atoms with E-state index in [0.29, 0.717) is 11.3 Å². The Morgan fingerprint density at radius 1 is 1.30 bits per heavy atom. The second-order valence-corrected chi connectivity index (χ2v) is 8.20. The Morgan fingerprint density at radius 3 is 2.59 bits per heavy atom. The number of hydrogen-bond acceptors (Lipinski definition) is 7. The number of nitrogens with zero attached hydrogens (tertiary/aromatic N) is 1. The van der Waals surface area contributed by atoms with Gasteiger partial charge in [-0.3, -0.25) is 10.1 Å². The number of nitrogens with one attached hydrogen (secondary N) is 1. The molecule has 0 aliphatic carbocycles. The van der Waals surface area contributed by atoms with Crippen molar-refractivity contribution in [3.05, 3.63) is 46.5 Å². The molecule has 3 amide bonds. The molecule has 1 atom stereocenters. The summed E-state index contributed by atoms with van der Waals surface area (Å²) in [7, 11) is 0. The first kappa shape index (κ1) is 20.9. The molecule has 3 N–H and O–H groups in total. The Morgan fingerprint density at radius 2 is 2.00 bits per heavy atom. The van der Waals surface area contributed by atoms with E-state index in [9.17, 15) is 14.4 Å². The lowest BCUT2D eigenvalue weighted by Gasteiger charge is -2.20. The van der Waals surface area contributed by atoms with E-state index in [4.69, 9.17) is 10.5 Å². The van der Waals surface area contributed by atoms with Crippen molar-refractivity contribution in [1.82, 2.24) is 10.3 Å². The fourth-order valence-corrected chi connectivity index (χ4v) is 4.10. The number of ether oxygens (including phenoxy) is 1. The zero-order valence-electron chi connectivity index (χ0n) is 15.2. The first-order chi connectivity index (χ1) is 12.8. The number of urea groups is 1. The first-order valence-corrected chi connectivity index (χ1v) is 10.1. The second kappa shape index (κ2) is 9.52. The number of nitrogens with two attached hydrogens (primary N) is 1. The molecule has 0 bridgehead atoms. The first-order valence-electron chi connectivity index (χ1n) is 8.22. The number of rotatable bonds is 7. The summed E-state index contributed by atoms with van der Waals surface area (Å²) in [5, 5.41) is 3.92. The van der Waals surface area contributed by atoms with Crippen LogP contribution in [-0.4, -0.2) is 29.0 Å². The van der Waals surface area contributed by atoms with Gasteiger partial charge >= 0.3 is 12.0 Å². The van der Waals surface area contributed by atoms with Gasteiger partial charge in [0.05, 0.1) is 5.56 Å². The van der Waals surface area contributed by atoms with E-state index in [-0.39, 0.29) is 5.92 Å². The second-order valence-electron chi connectivity index (χ2n) is 6.12. The fraction of sp³-hybridized carbons (Fsp3) is 0.333. The van der Waals surface area contributed by atoms with Crippen LogP contribution in [0.25, 0.3) is 0 Å². The quantitative estimate of drug-likeness (QED) is 0.539. The summed E-state index contributed by atoms with van der Waals surface area (Å²) in [6.45, 7) is 5.35. The van der Waals surface area contributed by atoms with Gasteiger partial charge in [-0.15, -0.1) is 11.3 Å². The number of amides is 3. The zero-order chi connectivity index (χ0) is 20.0. The molecule has 1 aromatic carbocycles.